The van der Waals surface area contributed by atoms with Crippen LogP contribution in [0.1, 0.15) is 0 Å². The van der Waals surface area contributed by atoms with Gasteiger partial charge in [-0.2, -0.15) is 0 Å². The largest absolute Gasteiger partial charge is 0.455 e. The van der Waals surface area contributed by atoms with E-state index in [0.717, 1.165) is 0 Å². The lowest BCUT2D eigenvalue weighted by Gasteiger charge is -2.10. The van der Waals surface area contributed by atoms with Gasteiger partial charge in [0.25, 0.3) is 5.69 Å². The number of aromatic nitrogens is 2. The molecule has 2 aromatic heterocycles. The van der Waals surface area contributed by atoms with Crippen LogP contribution in [0.3, 0.4) is 0 Å². The first-order valence-electron chi connectivity index (χ1n) is 12.1. The maximum Gasteiger partial charge on any atom is 0.271 e. The Bertz CT molecular complexity index is 1960. The molecule has 0 aliphatic heterocycles. The van der Waals surface area contributed by atoms with Crippen LogP contribution in [0.2, 0.25) is 10.0 Å². The molecule has 6 rings (SSSR count). The number of para-hydroxylation sites is 2. The van der Waals surface area contributed by atoms with Crippen molar-refractivity contribution in [3.05, 3.63) is 129 Å². The Morgan fingerprint density at radius 2 is 1.19 bits per heavy atom. The predicted octanol–water partition coefficient (Wildman–Crippen LogP) is 9.13. The first-order valence-corrected chi connectivity index (χ1v) is 12.9. The van der Waals surface area contributed by atoms with Gasteiger partial charge >= 0.3 is 0 Å². The molecule has 210 valence electrons. The lowest BCUT2D eigenvalue weighted by atomic mass is 10.2. The van der Waals surface area contributed by atoms with E-state index in [1.807, 2.05) is 0 Å². The molecular weight excluding hydrogens is 589 g/mol. The van der Waals surface area contributed by atoms with E-state index in [-0.39, 0.29) is 27.5 Å². The van der Waals surface area contributed by atoms with Crippen molar-refractivity contribution in [2.45, 2.75) is 0 Å². The topological polar surface area (TPSA) is 113 Å². The van der Waals surface area contributed by atoms with Gasteiger partial charge in [0, 0.05) is 41.0 Å². The third-order valence-corrected chi connectivity index (χ3v) is 6.48. The number of ether oxygens (including phenoxy) is 2. The summed E-state index contributed by atoms with van der Waals surface area (Å²) < 4.78 is 38.8. The molecule has 0 saturated heterocycles. The van der Waals surface area contributed by atoms with E-state index in [0.29, 0.717) is 38.7 Å². The zero-order chi connectivity index (χ0) is 29.8. The summed E-state index contributed by atoms with van der Waals surface area (Å²) in [5.74, 6) is 0.692. The summed E-state index contributed by atoms with van der Waals surface area (Å²) in [7, 11) is 0. The highest BCUT2D eigenvalue weighted by Crippen LogP contribution is 2.36. The number of benzene rings is 4. The van der Waals surface area contributed by atoms with Crippen LogP contribution < -0.4 is 15.2 Å². The van der Waals surface area contributed by atoms with Crippen molar-refractivity contribution >= 4 is 56.4 Å². The van der Waals surface area contributed by atoms with Gasteiger partial charge in [0.1, 0.15) is 45.7 Å². The molecule has 42 heavy (non-hydrogen) atoms. The molecule has 0 amide bonds. The second-order valence-corrected chi connectivity index (χ2v) is 9.47. The van der Waals surface area contributed by atoms with Crippen LogP contribution in [0.5, 0.6) is 23.0 Å². The van der Waals surface area contributed by atoms with E-state index >= 15 is 0 Å². The first kappa shape index (κ1) is 28.5. The van der Waals surface area contributed by atoms with Crippen molar-refractivity contribution in [3.8, 4) is 23.0 Å². The number of nitro benzene ring substituents is 1. The minimum atomic E-state index is -0.549. The molecule has 2 N–H and O–H groups in total. The monoisotopic (exact) mass is 606 g/mol. The number of anilines is 1. The summed E-state index contributed by atoms with van der Waals surface area (Å²) in [6.07, 6.45) is 2.91. The molecule has 2 heterocycles. The number of nitrogens with two attached hydrogens (primary N) is 1. The summed E-state index contributed by atoms with van der Waals surface area (Å²) in [6, 6.07) is 21.3. The van der Waals surface area contributed by atoms with E-state index < -0.39 is 16.6 Å². The molecule has 0 aliphatic carbocycles. The number of nitrogen functional groups attached to an aromatic ring is 1. The SMILES string of the molecule is Nc1ccc(Oc2ccnc3c(F)cccc23)c(Cl)c1.O=[N+]([O-])c1ccc(Oc2ccnc3c(F)cccc23)c(Cl)c1. The normalized spacial score (nSPS) is 10.7. The number of fused-ring (bicyclic) bond motifs is 2. The Morgan fingerprint density at radius 1 is 0.690 bits per heavy atom. The van der Waals surface area contributed by atoms with Crippen LogP contribution in [0.15, 0.2) is 97.3 Å². The number of hydrogen-bond acceptors (Lipinski definition) is 7. The number of nitrogens with zero attached hydrogens (tertiary/aromatic N) is 3. The van der Waals surface area contributed by atoms with Gasteiger partial charge in [0.2, 0.25) is 0 Å². The fraction of sp³-hybridized carbons (Fsp3) is 0. The second-order valence-electron chi connectivity index (χ2n) is 8.66. The number of hydrogen-bond donors (Lipinski definition) is 1. The summed E-state index contributed by atoms with van der Waals surface area (Å²) in [5.41, 5.74) is 6.48. The second kappa shape index (κ2) is 12.2. The number of rotatable bonds is 5. The molecule has 0 fully saturated rings. The summed E-state index contributed by atoms with van der Waals surface area (Å²) in [5, 5.41) is 12.2. The highest BCUT2D eigenvalue weighted by Gasteiger charge is 2.14. The van der Waals surface area contributed by atoms with Gasteiger partial charge < -0.3 is 15.2 Å². The highest BCUT2D eigenvalue weighted by molar-refractivity contribution is 6.32. The van der Waals surface area contributed by atoms with Crippen molar-refractivity contribution in [1.82, 2.24) is 9.97 Å². The summed E-state index contributed by atoms with van der Waals surface area (Å²) in [6.45, 7) is 0. The molecule has 0 spiro atoms. The molecule has 4 aromatic carbocycles. The molecule has 0 atom stereocenters. The Balaban J connectivity index is 0.000000169. The zero-order valence-electron chi connectivity index (χ0n) is 21.3. The van der Waals surface area contributed by atoms with E-state index in [2.05, 4.69) is 9.97 Å². The average Bonchev–Trinajstić information content (AvgIpc) is 2.97. The van der Waals surface area contributed by atoms with Gasteiger partial charge in [0.15, 0.2) is 0 Å². The Morgan fingerprint density at radius 3 is 1.67 bits per heavy atom. The molecule has 6 aromatic rings. The standard InChI is InChI=1S/C15H8ClFN2O3.C15H10ClFN2O/c16-11-8-9(19(20)21)4-5-14(11)22-13-6-7-18-15-10(13)2-1-3-12(15)17;16-11-8-9(18)4-5-14(11)20-13-6-7-19-15-10(13)2-1-3-12(15)17/h1-8H;1-8H,18H2. The van der Waals surface area contributed by atoms with Crippen LogP contribution in [0.4, 0.5) is 20.2 Å². The fourth-order valence-electron chi connectivity index (χ4n) is 3.93. The van der Waals surface area contributed by atoms with E-state index in [1.165, 1.54) is 42.7 Å². The maximum absolute atomic E-state index is 13.7. The Labute approximate surface area is 247 Å². The van der Waals surface area contributed by atoms with Crippen LogP contribution in [0, 0.1) is 21.7 Å². The Hall–Kier alpha value is -5.06. The Kier molecular flexibility index (Phi) is 8.28. The smallest absolute Gasteiger partial charge is 0.271 e. The molecule has 0 saturated carbocycles. The van der Waals surface area contributed by atoms with Crippen LogP contribution >= 0.6 is 23.2 Å². The third-order valence-electron chi connectivity index (χ3n) is 5.89. The van der Waals surface area contributed by atoms with Crippen molar-refractivity contribution in [2.24, 2.45) is 0 Å². The summed E-state index contributed by atoms with van der Waals surface area (Å²) >= 11 is 12.1. The van der Waals surface area contributed by atoms with Gasteiger partial charge in [-0.25, -0.2) is 8.78 Å². The van der Waals surface area contributed by atoms with Gasteiger partial charge in [0.05, 0.1) is 15.0 Å². The number of nitro groups is 1. The lowest BCUT2D eigenvalue weighted by molar-refractivity contribution is -0.384. The van der Waals surface area contributed by atoms with Gasteiger partial charge in [-0.1, -0.05) is 35.3 Å². The number of non-ortho nitro benzene ring substituents is 1. The molecule has 0 unspecified atom stereocenters. The van der Waals surface area contributed by atoms with Crippen molar-refractivity contribution in [3.63, 3.8) is 0 Å². The molecule has 0 bridgehead atoms. The summed E-state index contributed by atoms with van der Waals surface area (Å²) in [4.78, 5) is 18.1. The maximum atomic E-state index is 13.7. The number of pyridine rings is 2. The molecule has 12 heteroatoms. The fourth-order valence-corrected chi connectivity index (χ4v) is 4.37. The van der Waals surface area contributed by atoms with E-state index in [9.17, 15) is 18.9 Å². The minimum absolute atomic E-state index is 0.0931. The van der Waals surface area contributed by atoms with Crippen LogP contribution in [-0.2, 0) is 0 Å². The number of halogens is 4. The minimum Gasteiger partial charge on any atom is -0.455 e. The lowest BCUT2D eigenvalue weighted by Crippen LogP contribution is -1.92. The quantitative estimate of drug-likeness (QED) is 0.118. The first-order chi connectivity index (χ1) is 20.2. The van der Waals surface area contributed by atoms with Crippen molar-refractivity contribution in [2.75, 3.05) is 5.73 Å². The average molecular weight is 607 g/mol. The molecule has 0 radical (unpaired) electrons. The zero-order valence-corrected chi connectivity index (χ0v) is 22.8. The molecular formula is C30H18Cl2F2N4O4. The van der Waals surface area contributed by atoms with Crippen LogP contribution in [-0.4, -0.2) is 14.9 Å². The van der Waals surface area contributed by atoms with Gasteiger partial charge in [-0.3, -0.25) is 20.1 Å². The van der Waals surface area contributed by atoms with Crippen LogP contribution in [0.25, 0.3) is 21.8 Å². The van der Waals surface area contributed by atoms with Gasteiger partial charge in [-0.15, -0.1) is 0 Å². The molecule has 8 nitrogen and oxygen atoms in total. The van der Waals surface area contributed by atoms with E-state index in [4.69, 9.17) is 38.4 Å². The highest BCUT2D eigenvalue weighted by atomic mass is 35.5. The predicted molar refractivity (Wildman–Crippen MR) is 158 cm³/mol. The van der Waals surface area contributed by atoms with E-state index in [1.54, 1.807) is 54.6 Å². The van der Waals surface area contributed by atoms with Gasteiger partial charge in [-0.05, 0) is 60.7 Å². The third kappa shape index (κ3) is 6.14. The van der Waals surface area contributed by atoms with Crippen molar-refractivity contribution in [1.29, 1.82) is 0 Å². The molecule has 0 aliphatic rings. The van der Waals surface area contributed by atoms with Crippen molar-refractivity contribution < 1.29 is 23.2 Å².